The molecule has 0 spiro atoms. The van der Waals surface area contributed by atoms with Gasteiger partial charge in [-0.1, -0.05) is 12.1 Å². The Morgan fingerprint density at radius 2 is 0.889 bits per heavy atom. The molecule has 4 N–H and O–H groups in total. The van der Waals surface area contributed by atoms with Crippen molar-refractivity contribution in [3.63, 3.8) is 0 Å². The minimum atomic E-state index is -1.43. The number of phenols is 4. The van der Waals surface area contributed by atoms with Crippen LogP contribution in [-0.2, 0) is 0 Å². The van der Waals surface area contributed by atoms with Gasteiger partial charge in [0.05, 0.1) is 0 Å². The fourth-order valence-corrected chi connectivity index (χ4v) is 0.993. The molecule has 0 aromatic heterocycles. The maximum absolute atomic E-state index is 12.2. The van der Waals surface area contributed by atoms with E-state index in [0.29, 0.717) is 0 Å². The molecule has 0 atom stereocenters. The van der Waals surface area contributed by atoms with Crippen LogP contribution >= 0.6 is 0 Å². The summed E-state index contributed by atoms with van der Waals surface area (Å²) >= 11 is 0. The van der Waals surface area contributed by atoms with Crippen LogP contribution in [0.5, 0.6) is 23.0 Å². The summed E-state index contributed by atoms with van der Waals surface area (Å²) in [5, 5.41) is 34.3. The Bertz CT molecular complexity index is 496. The van der Waals surface area contributed by atoms with Gasteiger partial charge < -0.3 is 20.4 Å². The minimum Gasteiger partial charge on any atom is -0.505 e. The van der Waals surface area contributed by atoms with E-state index in [-0.39, 0.29) is 11.5 Å². The highest BCUT2D eigenvalue weighted by atomic mass is 19.2. The average Bonchev–Trinajstić information content (AvgIpc) is 2.36. The molecule has 0 saturated carbocycles. The summed E-state index contributed by atoms with van der Waals surface area (Å²) < 4.78 is 24.4. The summed E-state index contributed by atoms with van der Waals surface area (Å²) in [6.07, 6.45) is 0. The van der Waals surface area contributed by atoms with Gasteiger partial charge in [0.2, 0.25) is 11.6 Å². The van der Waals surface area contributed by atoms with E-state index in [1.807, 2.05) is 0 Å². The number of halogens is 2. The van der Waals surface area contributed by atoms with Gasteiger partial charge in [0.1, 0.15) is 0 Å². The first-order valence-corrected chi connectivity index (χ1v) is 4.76. The van der Waals surface area contributed by atoms with Gasteiger partial charge in [-0.15, -0.1) is 0 Å². The molecule has 2 aromatic rings. The lowest BCUT2D eigenvalue weighted by Gasteiger charge is -1.96. The molecule has 0 fully saturated rings. The molecular formula is C12H10F2O4. The summed E-state index contributed by atoms with van der Waals surface area (Å²) in [5.41, 5.74) is 0. The van der Waals surface area contributed by atoms with Gasteiger partial charge in [-0.05, 0) is 24.3 Å². The van der Waals surface area contributed by atoms with E-state index in [1.165, 1.54) is 12.1 Å². The lowest BCUT2D eigenvalue weighted by molar-refractivity contribution is 0.374. The predicted molar refractivity (Wildman–Crippen MR) is 59.5 cm³/mol. The first-order chi connectivity index (χ1) is 8.43. The van der Waals surface area contributed by atoms with E-state index >= 15 is 0 Å². The molecule has 0 radical (unpaired) electrons. The maximum Gasteiger partial charge on any atom is 0.204 e. The highest BCUT2D eigenvalue weighted by molar-refractivity contribution is 5.36. The predicted octanol–water partition coefficient (Wildman–Crippen LogP) is 2.47. The fraction of sp³-hybridized carbons (Fsp3) is 0. The molecule has 0 bridgehead atoms. The molecule has 0 heterocycles. The quantitative estimate of drug-likeness (QED) is 0.431. The molecule has 96 valence electrons. The van der Waals surface area contributed by atoms with Crippen molar-refractivity contribution in [2.75, 3.05) is 0 Å². The first kappa shape index (κ1) is 13.6. The summed E-state index contributed by atoms with van der Waals surface area (Å²) in [7, 11) is 0. The molecule has 2 rings (SSSR count). The summed E-state index contributed by atoms with van der Waals surface area (Å²) in [6.45, 7) is 0. The van der Waals surface area contributed by atoms with Gasteiger partial charge in [0, 0.05) is 0 Å². The highest BCUT2D eigenvalue weighted by Crippen LogP contribution is 2.24. The van der Waals surface area contributed by atoms with E-state index in [4.69, 9.17) is 20.4 Å². The zero-order valence-electron chi connectivity index (χ0n) is 9.01. The molecule has 6 heteroatoms. The monoisotopic (exact) mass is 256 g/mol. The topological polar surface area (TPSA) is 80.9 Å². The summed E-state index contributed by atoms with van der Waals surface area (Å²) in [5.74, 6) is -4.63. The minimum absolute atomic E-state index is 0.0764. The Morgan fingerprint density at radius 3 is 1.17 bits per heavy atom. The van der Waals surface area contributed by atoms with Crippen LogP contribution in [0.3, 0.4) is 0 Å². The zero-order valence-corrected chi connectivity index (χ0v) is 9.01. The van der Waals surface area contributed by atoms with Crippen molar-refractivity contribution in [3.8, 4) is 23.0 Å². The molecule has 0 amide bonds. The number of aromatic hydroxyl groups is 4. The number of hydrogen-bond acceptors (Lipinski definition) is 4. The van der Waals surface area contributed by atoms with Crippen LogP contribution in [-0.4, -0.2) is 20.4 Å². The Kier molecular flexibility index (Phi) is 4.31. The van der Waals surface area contributed by atoms with Crippen LogP contribution in [0.4, 0.5) is 8.78 Å². The third-order valence-corrected chi connectivity index (χ3v) is 1.92. The molecule has 0 saturated heterocycles. The number of rotatable bonds is 0. The van der Waals surface area contributed by atoms with E-state index < -0.39 is 23.1 Å². The molecule has 0 aliphatic heterocycles. The SMILES string of the molecule is Oc1ccc(O)c(F)c1F.Oc1ccccc1O. The normalized spacial score (nSPS) is 9.44. The molecule has 0 aliphatic carbocycles. The number of hydrogen-bond donors (Lipinski definition) is 4. The fourth-order valence-electron chi connectivity index (χ4n) is 0.993. The average molecular weight is 256 g/mol. The molecular weight excluding hydrogens is 246 g/mol. The molecule has 2 aromatic carbocycles. The second-order valence-corrected chi connectivity index (χ2v) is 3.22. The zero-order chi connectivity index (χ0) is 13.7. The molecule has 4 nitrogen and oxygen atoms in total. The van der Waals surface area contributed by atoms with Crippen molar-refractivity contribution in [1.29, 1.82) is 0 Å². The van der Waals surface area contributed by atoms with Gasteiger partial charge in [-0.3, -0.25) is 0 Å². The van der Waals surface area contributed by atoms with Gasteiger partial charge in [0.25, 0.3) is 0 Å². The van der Waals surface area contributed by atoms with Crippen molar-refractivity contribution in [2.45, 2.75) is 0 Å². The van der Waals surface area contributed by atoms with E-state index in [9.17, 15) is 8.78 Å². The Balaban J connectivity index is 0.000000184. The van der Waals surface area contributed by atoms with Crippen LogP contribution in [0.1, 0.15) is 0 Å². The lowest BCUT2D eigenvalue weighted by atomic mass is 10.3. The summed E-state index contributed by atoms with van der Waals surface area (Å²) in [6, 6.07) is 7.89. The maximum atomic E-state index is 12.2. The second kappa shape index (κ2) is 5.72. The van der Waals surface area contributed by atoms with Crippen molar-refractivity contribution in [2.24, 2.45) is 0 Å². The van der Waals surface area contributed by atoms with Crippen molar-refractivity contribution >= 4 is 0 Å². The molecule has 0 unspecified atom stereocenters. The van der Waals surface area contributed by atoms with Crippen molar-refractivity contribution in [3.05, 3.63) is 48.0 Å². The number of para-hydroxylation sites is 2. The highest BCUT2D eigenvalue weighted by Gasteiger charge is 2.10. The lowest BCUT2D eigenvalue weighted by Crippen LogP contribution is -1.83. The van der Waals surface area contributed by atoms with Crippen LogP contribution in [0.25, 0.3) is 0 Å². The van der Waals surface area contributed by atoms with Crippen LogP contribution in [0.2, 0.25) is 0 Å². The van der Waals surface area contributed by atoms with E-state index in [1.54, 1.807) is 12.1 Å². The first-order valence-electron chi connectivity index (χ1n) is 4.76. The van der Waals surface area contributed by atoms with Crippen molar-refractivity contribution in [1.82, 2.24) is 0 Å². The van der Waals surface area contributed by atoms with Gasteiger partial charge in [0.15, 0.2) is 23.0 Å². The summed E-state index contributed by atoms with van der Waals surface area (Å²) in [4.78, 5) is 0. The number of phenolic OH excluding ortho intramolecular Hbond substituents is 4. The van der Waals surface area contributed by atoms with Crippen molar-refractivity contribution < 1.29 is 29.2 Å². The molecule has 0 aliphatic rings. The molecule has 18 heavy (non-hydrogen) atoms. The van der Waals surface area contributed by atoms with Crippen LogP contribution < -0.4 is 0 Å². The largest absolute Gasteiger partial charge is 0.505 e. The second-order valence-electron chi connectivity index (χ2n) is 3.22. The third kappa shape index (κ3) is 3.24. The Labute approximate surface area is 101 Å². The van der Waals surface area contributed by atoms with Crippen LogP contribution in [0.15, 0.2) is 36.4 Å². The van der Waals surface area contributed by atoms with Crippen LogP contribution in [0, 0.1) is 11.6 Å². The smallest absolute Gasteiger partial charge is 0.204 e. The number of benzene rings is 2. The van der Waals surface area contributed by atoms with E-state index in [0.717, 1.165) is 12.1 Å². The Hall–Kier alpha value is -2.50. The van der Waals surface area contributed by atoms with Gasteiger partial charge in [-0.25, -0.2) is 0 Å². The van der Waals surface area contributed by atoms with Gasteiger partial charge in [-0.2, -0.15) is 8.78 Å². The van der Waals surface area contributed by atoms with E-state index in [2.05, 4.69) is 0 Å². The Morgan fingerprint density at radius 1 is 0.556 bits per heavy atom. The van der Waals surface area contributed by atoms with Gasteiger partial charge >= 0.3 is 0 Å². The third-order valence-electron chi connectivity index (χ3n) is 1.92. The standard InChI is InChI=1S/C6H4F2O2.C6H6O2/c7-5-3(9)1-2-4(10)6(5)8;7-5-3-1-2-4-6(5)8/h1-2,9-10H;1-4,7-8H.